The van der Waals surface area contributed by atoms with E-state index in [1.165, 1.54) is 56.9 Å². The van der Waals surface area contributed by atoms with E-state index in [0.29, 0.717) is 18.3 Å². The van der Waals surface area contributed by atoms with Crippen LogP contribution in [0.3, 0.4) is 0 Å². The van der Waals surface area contributed by atoms with Crippen LogP contribution in [0.1, 0.15) is 69.7 Å². The van der Waals surface area contributed by atoms with Crippen LogP contribution in [0.15, 0.2) is 28.8 Å². The van der Waals surface area contributed by atoms with E-state index in [4.69, 9.17) is 4.52 Å². The molecule has 29 heavy (non-hydrogen) atoms. The maximum Gasteiger partial charge on any atom is 0.246 e. The number of hydrogen-bond donors (Lipinski definition) is 1. The standard InChI is InChI=1S/C23H36N4O2/c1-4-5-6-7-8-9-10-11-12-19-13-15-20(16-14-19)23-25-22(29-26-23)17-24-21(28)18-27(2)3/h13-16H,4-12,17-18H2,1-3H3,(H,24,28). The van der Waals surface area contributed by atoms with Crippen LogP contribution in [-0.4, -0.2) is 41.6 Å². The summed E-state index contributed by atoms with van der Waals surface area (Å²) in [7, 11) is 3.70. The molecule has 2 rings (SSSR count). The molecule has 0 fully saturated rings. The van der Waals surface area contributed by atoms with Gasteiger partial charge in [-0.2, -0.15) is 4.98 Å². The number of likely N-dealkylation sites (N-methyl/N-ethyl adjacent to an activating group) is 1. The summed E-state index contributed by atoms with van der Waals surface area (Å²) in [5, 5.41) is 6.80. The lowest BCUT2D eigenvalue weighted by Gasteiger charge is -2.08. The van der Waals surface area contributed by atoms with Gasteiger partial charge in [-0.1, -0.05) is 81.3 Å². The molecule has 2 aromatic rings. The summed E-state index contributed by atoms with van der Waals surface area (Å²) in [4.78, 5) is 17.9. The second kappa shape index (κ2) is 13.1. The number of nitrogens with one attached hydrogen (secondary N) is 1. The minimum atomic E-state index is -0.0694. The lowest BCUT2D eigenvalue weighted by molar-refractivity contribution is -0.121. The lowest BCUT2D eigenvalue weighted by atomic mass is 10.0. The van der Waals surface area contributed by atoms with Gasteiger partial charge >= 0.3 is 0 Å². The predicted octanol–water partition coefficient (Wildman–Crippen LogP) is 4.60. The molecule has 0 unspecified atom stereocenters. The maximum absolute atomic E-state index is 11.7. The summed E-state index contributed by atoms with van der Waals surface area (Å²) in [5.74, 6) is 0.899. The molecular formula is C23H36N4O2. The Balaban J connectivity index is 1.70. The zero-order valence-corrected chi connectivity index (χ0v) is 18.2. The van der Waals surface area contributed by atoms with Gasteiger partial charge < -0.3 is 14.7 Å². The van der Waals surface area contributed by atoms with Crippen molar-refractivity contribution in [2.24, 2.45) is 0 Å². The summed E-state index contributed by atoms with van der Waals surface area (Å²) in [6.45, 7) is 2.84. The van der Waals surface area contributed by atoms with Crippen molar-refractivity contribution in [1.82, 2.24) is 20.4 Å². The van der Waals surface area contributed by atoms with Crippen LogP contribution >= 0.6 is 0 Å². The minimum absolute atomic E-state index is 0.0694. The van der Waals surface area contributed by atoms with Crippen LogP contribution in [0.25, 0.3) is 11.4 Å². The number of carbonyl (C=O) groups is 1. The molecule has 1 aromatic carbocycles. The Morgan fingerprint density at radius 2 is 1.66 bits per heavy atom. The molecule has 0 bridgehead atoms. The van der Waals surface area contributed by atoms with Gasteiger partial charge in [-0.05, 0) is 32.5 Å². The van der Waals surface area contributed by atoms with Crippen LogP contribution in [-0.2, 0) is 17.8 Å². The average molecular weight is 401 g/mol. The Hall–Kier alpha value is -2.21. The van der Waals surface area contributed by atoms with Crippen molar-refractivity contribution < 1.29 is 9.32 Å². The van der Waals surface area contributed by atoms with Crippen LogP contribution in [0.4, 0.5) is 0 Å². The van der Waals surface area contributed by atoms with Gasteiger partial charge in [-0.15, -0.1) is 0 Å². The highest BCUT2D eigenvalue weighted by Crippen LogP contribution is 2.18. The van der Waals surface area contributed by atoms with E-state index in [0.717, 1.165) is 12.0 Å². The number of carbonyl (C=O) groups excluding carboxylic acids is 1. The zero-order valence-electron chi connectivity index (χ0n) is 18.2. The van der Waals surface area contributed by atoms with Crippen molar-refractivity contribution in [2.75, 3.05) is 20.6 Å². The van der Waals surface area contributed by atoms with Crippen molar-refractivity contribution in [3.63, 3.8) is 0 Å². The SMILES string of the molecule is CCCCCCCCCCc1ccc(-c2noc(CNC(=O)CN(C)C)n2)cc1. The monoisotopic (exact) mass is 400 g/mol. The van der Waals surface area contributed by atoms with Gasteiger partial charge in [0.1, 0.15) is 0 Å². The van der Waals surface area contributed by atoms with E-state index >= 15 is 0 Å². The van der Waals surface area contributed by atoms with Gasteiger partial charge in [0.05, 0.1) is 13.1 Å². The van der Waals surface area contributed by atoms with Crippen LogP contribution in [0.5, 0.6) is 0 Å². The molecule has 1 heterocycles. The molecule has 6 heteroatoms. The third kappa shape index (κ3) is 9.22. The predicted molar refractivity (Wildman–Crippen MR) is 116 cm³/mol. The van der Waals surface area contributed by atoms with Gasteiger partial charge in [0, 0.05) is 5.56 Å². The number of unbranched alkanes of at least 4 members (excludes halogenated alkanes) is 7. The molecule has 0 spiro atoms. The molecule has 6 nitrogen and oxygen atoms in total. The van der Waals surface area contributed by atoms with Crippen molar-refractivity contribution in [3.8, 4) is 11.4 Å². The van der Waals surface area contributed by atoms with E-state index in [9.17, 15) is 4.79 Å². The van der Waals surface area contributed by atoms with Crippen LogP contribution in [0.2, 0.25) is 0 Å². The average Bonchev–Trinajstić information content (AvgIpc) is 3.17. The summed E-state index contributed by atoms with van der Waals surface area (Å²) in [5.41, 5.74) is 2.28. The molecule has 0 radical (unpaired) electrons. The fourth-order valence-corrected chi connectivity index (χ4v) is 3.24. The second-order valence-corrected chi connectivity index (χ2v) is 7.95. The van der Waals surface area contributed by atoms with Crippen LogP contribution in [0, 0.1) is 0 Å². The van der Waals surface area contributed by atoms with E-state index in [-0.39, 0.29) is 12.5 Å². The Labute approximate surface area is 175 Å². The number of benzene rings is 1. The molecule has 1 N–H and O–H groups in total. The Morgan fingerprint density at radius 1 is 1.00 bits per heavy atom. The topological polar surface area (TPSA) is 71.3 Å². The van der Waals surface area contributed by atoms with E-state index < -0.39 is 0 Å². The molecule has 0 saturated carbocycles. The van der Waals surface area contributed by atoms with E-state index in [1.54, 1.807) is 0 Å². The molecule has 1 aromatic heterocycles. The maximum atomic E-state index is 11.7. The summed E-state index contributed by atoms with van der Waals surface area (Å²) >= 11 is 0. The molecule has 0 aliphatic rings. The zero-order chi connectivity index (χ0) is 20.9. The van der Waals surface area contributed by atoms with Gasteiger partial charge in [-0.25, -0.2) is 0 Å². The van der Waals surface area contributed by atoms with Crippen molar-refractivity contribution in [3.05, 3.63) is 35.7 Å². The first-order chi connectivity index (χ1) is 14.1. The molecule has 160 valence electrons. The van der Waals surface area contributed by atoms with Crippen molar-refractivity contribution in [2.45, 2.75) is 71.3 Å². The Morgan fingerprint density at radius 3 is 2.31 bits per heavy atom. The van der Waals surface area contributed by atoms with Crippen LogP contribution < -0.4 is 5.32 Å². The first-order valence-electron chi connectivity index (χ1n) is 10.9. The second-order valence-electron chi connectivity index (χ2n) is 7.95. The number of nitrogens with zero attached hydrogens (tertiary/aromatic N) is 3. The van der Waals surface area contributed by atoms with Gasteiger partial charge in [-0.3, -0.25) is 4.79 Å². The first-order valence-corrected chi connectivity index (χ1v) is 10.9. The molecule has 0 aliphatic carbocycles. The third-order valence-corrected chi connectivity index (χ3v) is 4.90. The van der Waals surface area contributed by atoms with E-state index in [1.807, 2.05) is 31.1 Å². The largest absolute Gasteiger partial charge is 0.346 e. The molecule has 0 atom stereocenters. The highest BCUT2D eigenvalue weighted by Gasteiger charge is 2.10. The van der Waals surface area contributed by atoms with Gasteiger partial charge in [0.15, 0.2) is 0 Å². The number of hydrogen-bond acceptors (Lipinski definition) is 5. The number of aryl methyl sites for hydroxylation is 1. The Bertz CT molecular complexity index is 710. The minimum Gasteiger partial charge on any atom is -0.346 e. The highest BCUT2D eigenvalue weighted by molar-refractivity contribution is 5.77. The summed E-state index contributed by atoms with van der Waals surface area (Å²) in [6.07, 6.45) is 11.8. The van der Waals surface area contributed by atoms with Crippen molar-refractivity contribution in [1.29, 1.82) is 0 Å². The summed E-state index contributed by atoms with van der Waals surface area (Å²) in [6, 6.07) is 8.37. The third-order valence-electron chi connectivity index (χ3n) is 4.90. The number of amides is 1. The first kappa shape index (κ1) is 23.1. The van der Waals surface area contributed by atoms with Crippen molar-refractivity contribution >= 4 is 5.91 Å². The Kier molecular flexibility index (Phi) is 10.4. The number of rotatable bonds is 14. The quantitative estimate of drug-likeness (QED) is 0.469. The fourth-order valence-electron chi connectivity index (χ4n) is 3.24. The molecular weight excluding hydrogens is 364 g/mol. The smallest absolute Gasteiger partial charge is 0.246 e. The normalized spacial score (nSPS) is 11.2. The van der Waals surface area contributed by atoms with Gasteiger partial charge in [0.2, 0.25) is 17.6 Å². The van der Waals surface area contributed by atoms with Gasteiger partial charge in [0.25, 0.3) is 0 Å². The van der Waals surface area contributed by atoms with E-state index in [2.05, 4.69) is 34.5 Å². The fraction of sp³-hybridized carbons (Fsp3) is 0.609. The molecule has 1 amide bonds. The number of aromatic nitrogens is 2. The highest BCUT2D eigenvalue weighted by atomic mass is 16.5. The lowest BCUT2D eigenvalue weighted by Crippen LogP contribution is -2.32. The molecule has 0 saturated heterocycles. The summed E-state index contributed by atoms with van der Waals surface area (Å²) < 4.78 is 5.24. The molecule has 0 aliphatic heterocycles.